The van der Waals surface area contributed by atoms with E-state index in [1.165, 1.54) is 0 Å². The zero-order valence-electron chi connectivity index (χ0n) is 14.5. The molecule has 1 aromatic rings. The largest absolute Gasteiger partial charge is 0.370 e. The molecule has 4 heterocycles. The van der Waals surface area contributed by atoms with Gasteiger partial charge in [0.2, 0.25) is 11.8 Å². The smallest absolute Gasteiger partial charge is 0.222 e. The number of hydrogen-bond donors (Lipinski definition) is 0. The Morgan fingerprint density at radius 3 is 3.12 bits per heavy atom. The van der Waals surface area contributed by atoms with Crippen molar-refractivity contribution >= 4 is 11.8 Å². The standard InChI is InChI=1S/C17H25N5O3/c23-16-4-1-2-7-20(16)8-3-5-17(24)21-9-6-15-14(11-21)22-13(12-25-15)10-18-19-22/h10,14-15H,1-9,11-12H2/t14-,15-/m0/s1. The minimum atomic E-state index is 0.0626. The van der Waals surface area contributed by atoms with Crippen molar-refractivity contribution in [2.24, 2.45) is 0 Å². The Morgan fingerprint density at radius 1 is 1.32 bits per heavy atom. The Morgan fingerprint density at radius 2 is 2.24 bits per heavy atom. The maximum Gasteiger partial charge on any atom is 0.222 e. The van der Waals surface area contributed by atoms with Gasteiger partial charge in [-0.05, 0) is 25.7 Å². The molecule has 0 unspecified atom stereocenters. The Kier molecular flexibility index (Phi) is 4.70. The molecule has 2 fully saturated rings. The molecule has 1 aromatic heterocycles. The van der Waals surface area contributed by atoms with Crippen LogP contribution in [-0.4, -0.2) is 68.9 Å². The number of piperidine rings is 2. The van der Waals surface area contributed by atoms with Crippen LogP contribution >= 0.6 is 0 Å². The zero-order valence-corrected chi connectivity index (χ0v) is 14.5. The van der Waals surface area contributed by atoms with Crippen molar-refractivity contribution in [1.29, 1.82) is 0 Å². The lowest BCUT2D eigenvalue weighted by Gasteiger charge is -2.41. The summed E-state index contributed by atoms with van der Waals surface area (Å²) >= 11 is 0. The summed E-state index contributed by atoms with van der Waals surface area (Å²) in [7, 11) is 0. The van der Waals surface area contributed by atoms with E-state index in [0.29, 0.717) is 32.5 Å². The van der Waals surface area contributed by atoms with Gasteiger partial charge in [-0.25, -0.2) is 4.68 Å². The van der Waals surface area contributed by atoms with Crippen LogP contribution in [0.3, 0.4) is 0 Å². The van der Waals surface area contributed by atoms with Crippen molar-refractivity contribution in [3.63, 3.8) is 0 Å². The highest BCUT2D eigenvalue weighted by atomic mass is 16.5. The molecule has 0 saturated carbocycles. The Balaban J connectivity index is 1.29. The first-order chi connectivity index (χ1) is 12.2. The summed E-state index contributed by atoms with van der Waals surface area (Å²) in [5.41, 5.74) is 0.971. The van der Waals surface area contributed by atoms with E-state index in [0.717, 1.165) is 44.5 Å². The van der Waals surface area contributed by atoms with Gasteiger partial charge in [0, 0.05) is 39.0 Å². The number of fused-ring (bicyclic) bond motifs is 3. The molecule has 8 nitrogen and oxygen atoms in total. The van der Waals surface area contributed by atoms with Crippen LogP contribution in [0.15, 0.2) is 6.20 Å². The molecule has 25 heavy (non-hydrogen) atoms. The van der Waals surface area contributed by atoms with E-state index in [2.05, 4.69) is 10.3 Å². The minimum Gasteiger partial charge on any atom is -0.370 e. The molecular weight excluding hydrogens is 322 g/mol. The molecule has 4 rings (SSSR count). The topological polar surface area (TPSA) is 80.6 Å². The molecule has 0 radical (unpaired) electrons. The third kappa shape index (κ3) is 3.40. The van der Waals surface area contributed by atoms with Crippen LogP contribution in [0.25, 0.3) is 0 Å². The number of ether oxygens (including phenoxy) is 1. The molecule has 2 saturated heterocycles. The number of likely N-dealkylation sites (tertiary alicyclic amines) is 2. The summed E-state index contributed by atoms with van der Waals surface area (Å²) in [6, 6.07) is 0.0626. The number of hydrogen-bond acceptors (Lipinski definition) is 5. The third-order valence-corrected chi connectivity index (χ3v) is 5.52. The Bertz CT molecular complexity index is 646. The summed E-state index contributed by atoms with van der Waals surface area (Å²) in [6.45, 7) is 3.44. The van der Waals surface area contributed by atoms with Crippen LogP contribution < -0.4 is 0 Å². The third-order valence-electron chi connectivity index (χ3n) is 5.52. The van der Waals surface area contributed by atoms with E-state index >= 15 is 0 Å². The molecular formula is C17H25N5O3. The van der Waals surface area contributed by atoms with Gasteiger partial charge in [-0.2, -0.15) is 0 Å². The lowest BCUT2D eigenvalue weighted by molar-refractivity contribution is -0.139. The van der Waals surface area contributed by atoms with Crippen molar-refractivity contribution in [3.8, 4) is 0 Å². The van der Waals surface area contributed by atoms with E-state index in [4.69, 9.17) is 4.74 Å². The second-order valence-electron chi connectivity index (χ2n) is 7.16. The maximum absolute atomic E-state index is 12.6. The number of rotatable bonds is 4. The molecule has 0 spiro atoms. The molecule has 0 aliphatic carbocycles. The van der Waals surface area contributed by atoms with E-state index in [9.17, 15) is 9.59 Å². The fraction of sp³-hybridized carbons (Fsp3) is 0.765. The number of carbonyl (C=O) groups is 2. The first-order valence-corrected chi connectivity index (χ1v) is 9.28. The Labute approximate surface area is 147 Å². The van der Waals surface area contributed by atoms with E-state index in [1.807, 2.05) is 14.5 Å². The van der Waals surface area contributed by atoms with Crippen LogP contribution in [0.5, 0.6) is 0 Å². The normalized spacial score (nSPS) is 26.3. The highest BCUT2D eigenvalue weighted by Gasteiger charge is 2.37. The summed E-state index contributed by atoms with van der Waals surface area (Å²) < 4.78 is 7.80. The highest BCUT2D eigenvalue weighted by Crippen LogP contribution is 2.30. The number of carbonyl (C=O) groups excluding carboxylic acids is 2. The maximum atomic E-state index is 12.6. The van der Waals surface area contributed by atoms with E-state index < -0.39 is 0 Å². The van der Waals surface area contributed by atoms with Gasteiger partial charge >= 0.3 is 0 Å². The number of aromatic nitrogens is 3. The van der Waals surface area contributed by atoms with Gasteiger partial charge in [0.15, 0.2) is 0 Å². The molecule has 0 aromatic carbocycles. The van der Waals surface area contributed by atoms with Crippen LogP contribution in [0, 0.1) is 0 Å². The number of nitrogens with zero attached hydrogens (tertiary/aromatic N) is 5. The first kappa shape index (κ1) is 16.5. The van der Waals surface area contributed by atoms with Gasteiger partial charge in [0.1, 0.15) is 0 Å². The van der Waals surface area contributed by atoms with E-state index in [-0.39, 0.29) is 24.0 Å². The lowest BCUT2D eigenvalue weighted by atomic mass is 10.00. The van der Waals surface area contributed by atoms with Crippen molar-refractivity contribution in [2.75, 3.05) is 26.2 Å². The molecule has 3 aliphatic rings. The first-order valence-electron chi connectivity index (χ1n) is 9.28. The molecule has 0 bridgehead atoms. The molecule has 2 amide bonds. The van der Waals surface area contributed by atoms with Gasteiger partial charge in [-0.1, -0.05) is 5.21 Å². The SMILES string of the molecule is O=C1CCCCN1CCCC(=O)N1CC[C@@H]2OCc3cnnn3[C@H]2C1. The summed E-state index contributed by atoms with van der Waals surface area (Å²) in [4.78, 5) is 28.2. The minimum absolute atomic E-state index is 0.0626. The number of amides is 2. The quantitative estimate of drug-likeness (QED) is 0.803. The zero-order chi connectivity index (χ0) is 17.2. The van der Waals surface area contributed by atoms with Gasteiger partial charge in [-0.15, -0.1) is 5.10 Å². The average molecular weight is 347 g/mol. The van der Waals surface area contributed by atoms with Gasteiger partial charge in [-0.3, -0.25) is 9.59 Å². The van der Waals surface area contributed by atoms with Gasteiger partial charge in [0.05, 0.1) is 30.6 Å². The summed E-state index contributed by atoms with van der Waals surface area (Å²) in [6.07, 6.45) is 6.64. The molecule has 136 valence electrons. The summed E-state index contributed by atoms with van der Waals surface area (Å²) in [5.74, 6) is 0.396. The monoisotopic (exact) mass is 347 g/mol. The van der Waals surface area contributed by atoms with Gasteiger partial charge in [0.25, 0.3) is 0 Å². The van der Waals surface area contributed by atoms with Crippen LogP contribution in [0.4, 0.5) is 0 Å². The fourth-order valence-electron chi connectivity index (χ4n) is 4.08. The van der Waals surface area contributed by atoms with Crippen molar-refractivity contribution in [3.05, 3.63) is 11.9 Å². The lowest BCUT2D eigenvalue weighted by Crippen LogP contribution is -2.50. The predicted molar refractivity (Wildman–Crippen MR) is 88.5 cm³/mol. The van der Waals surface area contributed by atoms with Gasteiger partial charge < -0.3 is 14.5 Å². The van der Waals surface area contributed by atoms with Crippen LogP contribution in [0.1, 0.15) is 50.3 Å². The van der Waals surface area contributed by atoms with Crippen LogP contribution in [-0.2, 0) is 20.9 Å². The van der Waals surface area contributed by atoms with Crippen molar-refractivity contribution in [1.82, 2.24) is 24.8 Å². The average Bonchev–Trinajstić information content (AvgIpc) is 3.12. The van der Waals surface area contributed by atoms with E-state index in [1.54, 1.807) is 6.20 Å². The molecule has 3 aliphatic heterocycles. The molecule has 8 heteroatoms. The second-order valence-corrected chi connectivity index (χ2v) is 7.16. The second kappa shape index (κ2) is 7.11. The Hall–Kier alpha value is -1.96. The van der Waals surface area contributed by atoms with Crippen molar-refractivity contribution < 1.29 is 14.3 Å². The van der Waals surface area contributed by atoms with Crippen molar-refractivity contribution in [2.45, 2.75) is 57.3 Å². The summed E-state index contributed by atoms with van der Waals surface area (Å²) in [5, 5.41) is 8.14. The fourth-order valence-corrected chi connectivity index (χ4v) is 4.08. The molecule has 0 N–H and O–H groups in total. The molecule has 2 atom stereocenters. The predicted octanol–water partition coefficient (Wildman–Crippen LogP) is 0.743. The van der Waals surface area contributed by atoms with Crippen LogP contribution in [0.2, 0.25) is 0 Å². The highest BCUT2D eigenvalue weighted by molar-refractivity contribution is 5.77.